The molecule has 0 saturated heterocycles. The molecule has 0 aliphatic carbocycles. The van der Waals surface area contributed by atoms with Gasteiger partial charge in [-0.15, -0.1) is 0 Å². The summed E-state index contributed by atoms with van der Waals surface area (Å²) in [6, 6.07) is 9.11. The van der Waals surface area contributed by atoms with E-state index in [1.54, 1.807) is 13.8 Å². The van der Waals surface area contributed by atoms with Crippen LogP contribution in [0.2, 0.25) is 0 Å². The molecule has 0 fully saturated rings. The topological polar surface area (TPSA) is 99.1 Å². The third kappa shape index (κ3) is 8.29. The van der Waals surface area contributed by atoms with Crippen LogP contribution in [0.3, 0.4) is 0 Å². The van der Waals surface area contributed by atoms with Gasteiger partial charge in [-0.1, -0.05) is 30.3 Å². The molecule has 1 N–H and O–H groups in total. The lowest BCUT2D eigenvalue weighted by atomic mass is 10.0. The number of carbonyl (C=O) groups excluding carboxylic acids is 1. The Hall–Kier alpha value is -1.69. The Kier molecular flexibility index (Phi) is 9.42. The maximum Gasteiger partial charge on any atom is 0.330 e. The molecule has 0 aliphatic heterocycles. The molecule has 8 heteroatoms. The molecular formula is C17H25O7P. The fourth-order valence-electron chi connectivity index (χ4n) is 2.18. The zero-order valence-corrected chi connectivity index (χ0v) is 15.4. The molecule has 1 rings (SSSR count). The number of hydrogen-bond donors (Lipinski definition) is 1. The van der Waals surface area contributed by atoms with E-state index in [0.717, 1.165) is 5.56 Å². The highest BCUT2D eigenvalue weighted by Gasteiger charge is 2.29. The highest BCUT2D eigenvalue weighted by atomic mass is 31.2. The highest BCUT2D eigenvalue weighted by molar-refractivity contribution is 7.53. The highest BCUT2D eigenvalue weighted by Crippen LogP contribution is 2.49. The molecule has 7 nitrogen and oxygen atoms in total. The molecule has 1 atom stereocenters. The molecule has 1 aromatic rings. The summed E-state index contributed by atoms with van der Waals surface area (Å²) in [6.45, 7) is 3.85. The largest absolute Gasteiger partial charge is 0.481 e. The van der Waals surface area contributed by atoms with Crippen LogP contribution in [0.5, 0.6) is 0 Å². The lowest BCUT2D eigenvalue weighted by Gasteiger charge is -2.19. The number of carboxylic acids is 1. The first kappa shape index (κ1) is 21.4. The second kappa shape index (κ2) is 11.0. The fraction of sp³-hybridized carbons (Fsp3) is 0.529. The van der Waals surface area contributed by atoms with Crippen LogP contribution >= 0.6 is 7.60 Å². The second-order valence-corrected chi connectivity index (χ2v) is 7.53. The molecule has 0 spiro atoms. The maximum absolute atomic E-state index is 12.4. The number of esters is 1. The molecule has 0 heterocycles. The second-order valence-electron chi connectivity index (χ2n) is 5.34. The number of carboxylic acid groups (broad SMARTS) is 1. The van der Waals surface area contributed by atoms with Crippen LogP contribution < -0.4 is 0 Å². The van der Waals surface area contributed by atoms with Gasteiger partial charge in [0.1, 0.15) is 6.61 Å². The molecule has 0 aliphatic rings. The quantitative estimate of drug-likeness (QED) is 0.443. The lowest BCUT2D eigenvalue weighted by Crippen LogP contribution is -2.21. The molecule has 0 bridgehead atoms. The van der Waals surface area contributed by atoms with Crippen molar-refractivity contribution in [1.82, 2.24) is 0 Å². The predicted molar refractivity (Wildman–Crippen MR) is 92.3 cm³/mol. The minimum atomic E-state index is -3.33. The zero-order valence-electron chi connectivity index (χ0n) is 14.6. The van der Waals surface area contributed by atoms with Gasteiger partial charge >= 0.3 is 19.5 Å². The number of carbonyl (C=O) groups is 2. The van der Waals surface area contributed by atoms with Crippen molar-refractivity contribution in [1.29, 1.82) is 0 Å². The normalized spacial score (nSPS) is 12.6. The van der Waals surface area contributed by atoms with E-state index in [1.807, 2.05) is 30.3 Å². The minimum Gasteiger partial charge on any atom is -0.481 e. The van der Waals surface area contributed by atoms with E-state index in [2.05, 4.69) is 0 Å². The number of ether oxygens (including phenoxy) is 1. The Morgan fingerprint density at radius 1 is 1.12 bits per heavy atom. The van der Waals surface area contributed by atoms with E-state index in [9.17, 15) is 19.3 Å². The smallest absolute Gasteiger partial charge is 0.330 e. The summed E-state index contributed by atoms with van der Waals surface area (Å²) in [5.74, 6) is -2.76. The SMILES string of the molecule is CCOP(=O)(CC[C@H](CC(=O)OCc1ccccc1)C(=O)O)OCC. The van der Waals surface area contributed by atoms with Gasteiger partial charge in [0.15, 0.2) is 0 Å². The summed E-state index contributed by atoms with van der Waals surface area (Å²) in [5, 5.41) is 9.28. The van der Waals surface area contributed by atoms with Crippen LogP contribution in [-0.2, 0) is 34.5 Å². The van der Waals surface area contributed by atoms with E-state index >= 15 is 0 Å². The maximum atomic E-state index is 12.4. The average Bonchev–Trinajstić information content (AvgIpc) is 2.58. The third-order valence-corrected chi connectivity index (χ3v) is 5.52. The average molecular weight is 372 g/mol. The van der Waals surface area contributed by atoms with Gasteiger partial charge in [-0.05, 0) is 25.8 Å². The Morgan fingerprint density at radius 2 is 1.72 bits per heavy atom. The van der Waals surface area contributed by atoms with Gasteiger partial charge in [-0.25, -0.2) is 0 Å². The number of hydrogen-bond acceptors (Lipinski definition) is 6. The van der Waals surface area contributed by atoms with Crippen LogP contribution in [0.25, 0.3) is 0 Å². The molecular weight excluding hydrogens is 347 g/mol. The van der Waals surface area contributed by atoms with Crippen LogP contribution in [0.15, 0.2) is 30.3 Å². The molecule has 0 aromatic heterocycles. The molecule has 25 heavy (non-hydrogen) atoms. The van der Waals surface area contributed by atoms with Gasteiger partial charge in [0, 0.05) is 0 Å². The van der Waals surface area contributed by atoms with Gasteiger partial charge in [-0.2, -0.15) is 0 Å². The first-order valence-electron chi connectivity index (χ1n) is 8.20. The Labute approximate surface area is 147 Å². The van der Waals surface area contributed by atoms with Crippen molar-refractivity contribution in [3.8, 4) is 0 Å². The predicted octanol–water partition coefficient (Wildman–Crippen LogP) is 3.48. The Morgan fingerprint density at radius 3 is 2.24 bits per heavy atom. The van der Waals surface area contributed by atoms with Gasteiger partial charge in [0.05, 0.1) is 31.7 Å². The lowest BCUT2D eigenvalue weighted by molar-refractivity contribution is -0.152. The standard InChI is InChI=1S/C17H25O7P/c1-3-23-25(21,24-4-2)11-10-15(17(19)20)12-16(18)22-13-14-8-6-5-7-9-14/h5-9,15H,3-4,10-13H2,1-2H3,(H,19,20)/t15-/m1/s1. The van der Waals surface area contributed by atoms with E-state index in [4.69, 9.17) is 13.8 Å². The first-order valence-corrected chi connectivity index (χ1v) is 9.93. The minimum absolute atomic E-state index is 0.00699. The van der Waals surface area contributed by atoms with Crippen molar-refractivity contribution in [2.45, 2.75) is 33.3 Å². The summed E-state index contributed by atoms with van der Waals surface area (Å²) < 4.78 is 27.8. The summed E-state index contributed by atoms with van der Waals surface area (Å²) in [5.41, 5.74) is 0.819. The van der Waals surface area contributed by atoms with Crippen molar-refractivity contribution < 1.29 is 33.0 Å². The van der Waals surface area contributed by atoms with Crippen molar-refractivity contribution in [2.75, 3.05) is 19.4 Å². The van der Waals surface area contributed by atoms with Gasteiger partial charge in [0.25, 0.3) is 0 Å². The van der Waals surface area contributed by atoms with Gasteiger partial charge in [0.2, 0.25) is 0 Å². The van der Waals surface area contributed by atoms with Crippen molar-refractivity contribution >= 4 is 19.5 Å². The van der Waals surface area contributed by atoms with E-state index in [-0.39, 0.29) is 38.8 Å². The zero-order chi connectivity index (χ0) is 18.7. The van der Waals surface area contributed by atoms with Gasteiger partial charge in [-0.3, -0.25) is 14.2 Å². The first-order chi connectivity index (χ1) is 11.9. The third-order valence-electron chi connectivity index (χ3n) is 3.41. The summed E-state index contributed by atoms with van der Waals surface area (Å²) in [4.78, 5) is 23.3. The molecule has 0 unspecified atom stereocenters. The van der Waals surface area contributed by atoms with Crippen LogP contribution in [-0.4, -0.2) is 36.4 Å². The van der Waals surface area contributed by atoms with E-state index in [0.29, 0.717) is 0 Å². The monoisotopic (exact) mass is 372 g/mol. The van der Waals surface area contributed by atoms with Crippen LogP contribution in [0, 0.1) is 5.92 Å². The number of rotatable bonds is 12. The molecule has 0 saturated carbocycles. The molecule has 140 valence electrons. The molecule has 0 radical (unpaired) electrons. The Bertz CT molecular complexity index is 578. The van der Waals surface area contributed by atoms with Crippen molar-refractivity contribution in [3.63, 3.8) is 0 Å². The van der Waals surface area contributed by atoms with Crippen LogP contribution in [0.4, 0.5) is 0 Å². The number of aliphatic carboxylic acids is 1. The van der Waals surface area contributed by atoms with Crippen LogP contribution in [0.1, 0.15) is 32.3 Å². The van der Waals surface area contributed by atoms with E-state index in [1.165, 1.54) is 0 Å². The summed E-state index contributed by atoms with van der Waals surface area (Å²) in [7, 11) is -3.33. The fourth-order valence-corrected chi connectivity index (χ4v) is 3.93. The van der Waals surface area contributed by atoms with E-state index < -0.39 is 25.5 Å². The van der Waals surface area contributed by atoms with Crippen molar-refractivity contribution in [2.24, 2.45) is 5.92 Å². The summed E-state index contributed by atoms with van der Waals surface area (Å²) in [6.07, 6.45) is -0.342. The number of benzene rings is 1. The molecule has 0 amide bonds. The molecule has 1 aromatic carbocycles. The Balaban J connectivity index is 2.54. The summed E-state index contributed by atoms with van der Waals surface area (Å²) >= 11 is 0. The van der Waals surface area contributed by atoms with Crippen molar-refractivity contribution in [3.05, 3.63) is 35.9 Å². The van der Waals surface area contributed by atoms with Gasteiger partial charge < -0.3 is 18.9 Å².